The van der Waals surface area contributed by atoms with Crippen molar-refractivity contribution in [3.63, 3.8) is 0 Å². The number of benzene rings is 1. The summed E-state index contributed by atoms with van der Waals surface area (Å²) in [6.45, 7) is 8.26. The fourth-order valence-corrected chi connectivity index (χ4v) is 2.68. The average Bonchev–Trinajstić information content (AvgIpc) is 2.50. The number of nitrogens with zero attached hydrogens (tertiary/aromatic N) is 2. The summed E-state index contributed by atoms with van der Waals surface area (Å²) in [7, 11) is 2.12. The number of piperazine rings is 1. The van der Waals surface area contributed by atoms with Crippen LogP contribution < -0.4 is 5.32 Å². The maximum atomic E-state index is 13.2. The number of carbonyl (C=O) groups excluding carboxylic acids is 1. The van der Waals surface area contributed by atoms with E-state index in [-0.39, 0.29) is 23.7 Å². The van der Waals surface area contributed by atoms with E-state index in [1.54, 1.807) is 0 Å². The van der Waals surface area contributed by atoms with Gasteiger partial charge < -0.3 is 10.2 Å². The number of halogens is 1. The fraction of sp³-hybridized carbons (Fsp3) is 0.588. The van der Waals surface area contributed by atoms with Crippen molar-refractivity contribution < 1.29 is 9.18 Å². The summed E-state index contributed by atoms with van der Waals surface area (Å²) in [6.07, 6.45) is 0. The Morgan fingerprint density at radius 2 is 1.77 bits per heavy atom. The summed E-state index contributed by atoms with van der Waals surface area (Å²) in [4.78, 5) is 16.5. The maximum Gasteiger partial charge on any atom is 0.222 e. The fourth-order valence-electron chi connectivity index (χ4n) is 2.68. The standard InChI is InChI=1S/C17H26FN3O/c1-13(2)17(22)19-12-16(14-4-6-15(18)7-5-14)21-10-8-20(3)9-11-21/h4-7,13,16H,8-12H2,1-3H3,(H,19,22). The number of likely N-dealkylation sites (N-methyl/N-ethyl adjacent to an activating group) is 1. The highest BCUT2D eigenvalue weighted by molar-refractivity contribution is 5.77. The molecule has 1 aromatic rings. The molecule has 0 bridgehead atoms. The zero-order chi connectivity index (χ0) is 16.1. The lowest BCUT2D eigenvalue weighted by Crippen LogP contribution is -2.48. The first-order chi connectivity index (χ1) is 10.5. The van der Waals surface area contributed by atoms with Gasteiger partial charge in [-0.25, -0.2) is 4.39 Å². The van der Waals surface area contributed by atoms with Crippen LogP contribution in [0.3, 0.4) is 0 Å². The Kier molecular flexibility index (Phi) is 5.91. The van der Waals surface area contributed by atoms with Crippen LogP contribution in [0, 0.1) is 11.7 Å². The van der Waals surface area contributed by atoms with Crippen LogP contribution in [0.2, 0.25) is 0 Å². The molecule has 1 saturated heterocycles. The molecule has 0 saturated carbocycles. The molecule has 1 aliphatic rings. The molecule has 2 rings (SSSR count). The molecular weight excluding hydrogens is 281 g/mol. The Labute approximate surface area is 132 Å². The number of hydrogen-bond acceptors (Lipinski definition) is 3. The minimum absolute atomic E-state index is 0.0265. The number of rotatable bonds is 5. The topological polar surface area (TPSA) is 35.6 Å². The average molecular weight is 307 g/mol. The predicted molar refractivity (Wildman–Crippen MR) is 86.1 cm³/mol. The summed E-state index contributed by atoms with van der Waals surface area (Å²) < 4.78 is 13.2. The van der Waals surface area contributed by atoms with Crippen LogP contribution in [0.4, 0.5) is 4.39 Å². The second-order valence-corrected chi connectivity index (χ2v) is 6.31. The molecule has 1 atom stereocenters. The van der Waals surface area contributed by atoms with E-state index >= 15 is 0 Å². The summed E-state index contributed by atoms with van der Waals surface area (Å²) >= 11 is 0. The van der Waals surface area contributed by atoms with Crippen molar-refractivity contribution >= 4 is 5.91 Å². The molecule has 1 heterocycles. The Balaban J connectivity index is 2.09. The van der Waals surface area contributed by atoms with E-state index < -0.39 is 0 Å². The molecule has 1 aliphatic heterocycles. The van der Waals surface area contributed by atoms with Crippen molar-refractivity contribution in [2.75, 3.05) is 39.8 Å². The lowest BCUT2D eigenvalue weighted by atomic mass is 10.0. The minimum Gasteiger partial charge on any atom is -0.354 e. The number of nitrogens with one attached hydrogen (secondary N) is 1. The van der Waals surface area contributed by atoms with Gasteiger partial charge in [-0.3, -0.25) is 9.69 Å². The van der Waals surface area contributed by atoms with Crippen molar-refractivity contribution in [2.45, 2.75) is 19.9 Å². The molecule has 22 heavy (non-hydrogen) atoms. The summed E-state index contributed by atoms with van der Waals surface area (Å²) in [5, 5.41) is 3.02. The van der Waals surface area contributed by atoms with Crippen LogP contribution in [-0.2, 0) is 4.79 Å². The molecule has 1 amide bonds. The van der Waals surface area contributed by atoms with Gasteiger partial charge in [0.1, 0.15) is 5.82 Å². The monoisotopic (exact) mass is 307 g/mol. The van der Waals surface area contributed by atoms with Crippen LogP contribution in [0.1, 0.15) is 25.5 Å². The van der Waals surface area contributed by atoms with Gasteiger partial charge in [-0.1, -0.05) is 26.0 Å². The molecule has 0 radical (unpaired) electrons. The molecule has 1 N–H and O–H groups in total. The van der Waals surface area contributed by atoms with Crippen LogP contribution >= 0.6 is 0 Å². The highest BCUT2D eigenvalue weighted by Crippen LogP contribution is 2.22. The Bertz CT molecular complexity index is 481. The van der Waals surface area contributed by atoms with Gasteiger partial charge in [-0.05, 0) is 24.7 Å². The molecule has 0 aromatic heterocycles. The van der Waals surface area contributed by atoms with E-state index in [0.29, 0.717) is 6.54 Å². The lowest BCUT2D eigenvalue weighted by molar-refractivity contribution is -0.124. The third-order valence-electron chi connectivity index (χ3n) is 4.23. The van der Waals surface area contributed by atoms with Gasteiger partial charge >= 0.3 is 0 Å². The van der Waals surface area contributed by atoms with Crippen molar-refractivity contribution in [3.8, 4) is 0 Å². The van der Waals surface area contributed by atoms with Crippen molar-refractivity contribution in [3.05, 3.63) is 35.6 Å². The zero-order valence-electron chi connectivity index (χ0n) is 13.7. The molecule has 1 unspecified atom stereocenters. The SMILES string of the molecule is CC(C)C(=O)NCC(c1ccc(F)cc1)N1CCN(C)CC1. The Hall–Kier alpha value is -1.46. The zero-order valence-corrected chi connectivity index (χ0v) is 13.7. The first-order valence-electron chi connectivity index (χ1n) is 7.93. The highest BCUT2D eigenvalue weighted by atomic mass is 19.1. The molecule has 1 aromatic carbocycles. The van der Waals surface area contributed by atoms with Gasteiger partial charge in [0.25, 0.3) is 0 Å². The van der Waals surface area contributed by atoms with E-state index in [1.807, 2.05) is 26.0 Å². The summed E-state index contributed by atoms with van der Waals surface area (Å²) in [6, 6.07) is 6.71. The van der Waals surface area contributed by atoms with Crippen LogP contribution in [-0.4, -0.2) is 55.5 Å². The van der Waals surface area contributed by atoms with Crippen molar-refractivity contribution in [1.82, 2.24) is 15.1 Å². The third-order valence-corrected chi connectivity index (χ3v) is 4.23. The quantitative estimate of drug-likeness (QED) is 0.902. The largest absolute Gasteiger partial charge is 0.354 e. The van der Waals surface area contributed by atoms with Gasteiger partial charge in [0.05, 0.1) is 6.04 Å². The molecule has 5 heteroatoms. The smallest absolute Gasteiger partial charge is 0.222 e. The Morgan fingerprint density at radius 3 is 2.32 bits per heavy atom. The first-order valence-corrected chi connectivity index (χ1v) is 7.93. The Morgan fingerprint density at radius 1 is 1.18 bits per heavy atom. The first kappa shape index (κ1) is 16.9. The van der Waals surface area contributed by atoms with E-state index in [2.05, 4.69) is 22.2 Å². The normalized spacial score (nSPS) is 18.4. The van der Waals surface area contributed by atoms with Gasteiger partial charge in [0, 0.05) is 38.6 Å². The van der Waals surface area contributed by atoms with Crippen LogP contribution in [0.5, 0.6) is 0 Å². The highest BCUT2D eigenvalue weighted by Gasteiger charge is 2.24. The van der Waals surface area contributed by atoms with E-state index in [1.165, 1.54) is 12.1 Å². The van der Waals surface area contributed by atoms with Gasteiger partial charge in [-0.15, -0.1) is 0 Å². The third kappa shape index (κ3) is 4.52. The molecule has 1 fully saturated rings. The van der Waals surface area contributed by atoms with Crippen LogP contribution in [0.25, 0.3) is 0 Å². The second-order valence-electron chi connectivity index (χ2n) is 6.31. The van der Waals surface area contributed by atoms with E-state index in [4.69, 9.17) is 0 Å². The van der Waals surface area contributed by atoms with Crippen molar-refractivity contribution in [2.24, 2.45) is 5.92 Å². The molecule has 0 aliphatic carbocycles. The predicted octanol–water partition coefficient (Wildman–Crippen LogP) is 1.89. The lowest BCUT2D eigenvalue weighted by Gasteiger charge is -2.38. The second kappa shape index (κ2) is 7.70. The van der Waals surface area contributed by atoms with Crippen LogP contribution in [0.15, 0.2) is 24.3 Å². The molecule has 122 valence electrons. The van der Waals surface area contributed by atoms with E-state index in [9.17, 15) is 9.18 Å². The number of carbonyl (C=O) groups is 1. The van der Waals surface area contributed by atoms with E-state index in [0.717, 1.165) is 31.7 Å². The summed E-state index contributed by atoms with van der Waals surface area (Å²) in [5.74, 6) is -0.199. The minimum atomic E-state index is -0.230. The summed E-state index contributed by atoms with van der Waals surface area (Å²) in [5.41, 5.74) is 1.05. The molecule has 4 nitrogen and oxygen atoms in total. The van der Waals surface area contributed by atoms with Gasteiger partial charge in [-0.2, -0.15) is 0 Å². The molecule has 0 spiro atoms. The number of amides is 1. The van der Waals surface area contributed by atoms with Crippen molar-refractivity contribution in [1.29, 1.82) is 0 Å². The molecular formula is C17H26FN3O. The maximum absolute atomic E-state index is 13.2. The van der Waals surface area contributed by atoms with Gasteiger partial charge in [0.2, 0.25) is 5.91 Å². The van der Waals surface area contributed by atoms with Gasteiger partial charge in [0.15, 0.2) is 0 Å². The number of hydrogen-bond donors (Lipinski definition) is 1.